The van der Waals surface area contributed by atoms with Gasteiger partial charge in [-0.15, -0.1) is 0 Å². The van der Waals surface area contributed by atoms with Crippen molar-refractivity contribution in [3.05, 3.63) is 68.4 Å². The number of benzene rings is 2. The summed E-state index contributed by atoms with van der Waals surface area (Å²) < 4.78 is 14.0. The van der Waals surface area contributed by atoms with Crippen molar-refractivity contribution in [1.82, 2.24) is 0 Å². The molecular weight excluding hydrogens is 331 g/mol. The molecule has 0 spiro atoms. The number of aliphatic hydroxyl groups is 1. The highest BCUT2D eigenvalue weighted by atomic mass is 79.9. The van der Waals surface area contributed by atoms with Crippen LogP contribution in [-0.4, -0.2) is 5.11 Å². The summed E-state index contributed by atoms with van der Waals surface area (Å²) in [6.07, 6.45) is -0.451. The first kappa shape index (κ1) is 14.5. The molecule has 0 aromatic heterocycles. The summed E-state index contributed by atoms with van der Waals surface area (Å²) in [6, 6.07) is 9.89. The van der Waals surface area contributed by atoms with Crippen LogP contribution in [0.5, 0.6) is 0 Å². The Morgan fingerprint density at radius 2 is 2.00 bits per heavy atom. The molecule has 1 unspecified atom stereocenters. The SMILES string of the molecule is Cc1ccc(C(O)Cc2cc(F)ccc2Cl)c(Br)c1. The smallest absolute Gasteiger partial charge is 0.123 e. The predicted molar refractivity (Wildman–Crippen MR) is 79.0 cm³/mol. The minimum atomic E-state index is -0.728. The van der Waals surface area contributed by atoms with Crippen LogP contribution >= 0.6 is 27.5 Å². The van der Waals surface area contributed by atoms with E-state index in [0.717, 1.165) is 15.6 Å². The number of aryl methyl sites for hydroxylation is 1. The van der Waals surface area contributed by atoms with Crippen LogP contribution in [-0.2, 0) is 6.42 Å². The van der Waals surface area contributed by atoms with Gasteiger partial charge >= 0.3 is 0 Å². The molecule has 2 rings (SSSR count). The highest BCUT2D eigenvalue weighted by Crippen LogP contribution is 2.29. The zero-order valence-electron chi connectivity index (χ0n) is 10.3. The van der Waals surface area contributed by atoms with Gasteiger partial charge in [-0.25, -0.2) is 4.39 Å². The fourth-order valence-electron chi connectivity index (χ4n) is 1.92. The summed E-state index contributed by atoms with van der Waals surface area (Å²) in [4.78, 5) is 0. The van der Waals surface area contributed by atoms with E-state index in [2.05, 4.69) is 15.9 Å². The third-order valence-corrected chi connectivity index (χ3v) is 3.99. The van der Waals surface area contributed by atoms with Gasteiger partial charge in [0.2, 0.25) is 0 Å². The Balaban J connectivity index is 2.25. The zero-order valence-corrected chi connectivity index (χ0v) is 12.7. The lowest BCUT2D eigenvalue weighted by molar-refractivity contribution is 0.177. The van der Waals surface area contributed by atoms with Gasteiger partial charge in [-0.1, -0.05) is 39.7 Å². The van der Waals surface area contributed by atoms with Crippen molar-refractivity contribution in [3.8, 4) is 0 Å². The first-order chi connectivity index (χ1) is 8.97. The van der Waals surface area contributed by atoms with E-state index in [4.69, 9.17) is 11.6 Å². The number of hydrogen-bond acceptors (Lipinski definition) is 1. The third-order valence-electron chi connectivity index (χ3n) is 2.94. The maximum atomic E-state index is 13.2. The molecule has 1 atom stereocenters. The fourth-order valence-corrected chi connectivity index (χ4v) is 2.87. The van der Waals surface area contributed by atoms with E-state index in [-0.39, 0.29) is 12.2 Å². The van der Waals surface area contributed by atoms with Gasteiger partial charge in [0.15, 0.2) is 0 Å². The maximum Gasteiger partial charge on any atom is 0.123 e. The highest BCUT2D eigenvalue weighted by Gasteiger charge is 2.14. The second-order valence-corrected chi connectivity index (χ2v) is 5.74. The first-order valence-electron chi connectivity index (χ1n) is 5.85. The lowest BCUT2D eigenvalue weighted by Gasteiger charge is -2.14. The molecular formula is C15H13BrClFO. The third kappa shape index (κ3) is 3.56. The van der Waals surface area contributed by atoms with Crippen LogP contribution in [0, 0.1) is 12.7 Å². The molecule has 0 saturated heterocycles. The average Bonchev–Trinajstić information content (AvgIpc) is 2.33. The van der Waals surface area contributed by atoms with E-state index in [9.17, 15) is 9.50 Å². The Kier molecular flexibility index (Phi) is 4.61. The Hall–Kier alpha value is -0.900. The minimum Gasteiger partial charge on any atom is -0.388 e. The van der Waals surface area contributed by atoms with E-state index in [1.54, 1.807) is 0 Å². The number of rotatable bonds is 3. The van der Waals surface area contributed by atoms with Gasteiger partial charge in [-0.3, -0.25) is 0 Å². The standard InChI is InChI=1S/C15H13BrClFO/c1-9-2-4-12(13(16)6-9)15(19)8-10-7-11(18)3-5-14(10)17/h2-7,15,19H,8H2,1H3. The van der Waals surface area contributed by atoms with E-state index in [1.165, 1.54) is 18.2 Å². The molecule has 4 heteroatoms. The Bertz CT molecular complexity index is 601. The molecule has 0 radical (unpaired) electrons. The van der Waals surface area contributed by atoms with Crippen LogP contribution in [0.3, 0.4) is 0 Å². The molecule has 0 aliphatic rings. The van der Waals surface area contributed by atoms with E-state index < -0.39 is 6.10 Å². The summed E-state index contributed by atoms with van der Waals surface area (Å²) in [5.74, 6) is -0.352. The van der Waals surface area contributed by atoms with Crippen LogP contribution in [0.15, 0.2) is 40.9 Å². The fraction of sp³-hybridized carbons (Fsp3) is 0.200. The summed E-state index contributed by atoms with van der Waals surface area (Å²) in [5, 5.41) is 10.7. The highest BCUT2D eigenvalue weighted by molar-refractivity contribution is 9.10. The molecule has 2 aromatic rings. The van der Waals surface area contributed by atoms with E-state index in [1.807, 2.05) is 25.1 Å². The quantitative estimate of drug-likeness (QED) is 0.846. The number of halogens is 3. The monoisotopic (exact) mass is 342 g/mol. The van der Waals surface area contributed by atoms with Gasteiger partial charge in [0.1, 0.15) is 5.82 Å². The Morgan fingerprint density at radius 1 is 1.26 bits per heavy atom. The van der Waals surface area contributed by atoms with Gasteiger partial charge in [-0.05, 0) is 47.9 Å². The topological polar surface area (TPSA) is 20.2 Å². The van der Waals surface area contributed by atoms with E-state index >= 15 is 0 Å². The lowest BCUT2D eigenvalue weighted by Crippen LogP contribution is -2.04. The molecule has 1 N–H and O–H groups in total. The summed E-state index contributed by atoms with van der Waals surface area (Å²) in [5.41, 5.74) is 2.47. The van der Waals surface area contributed by atoms with Gasteiger partial charge in [0.25, 0.3) is 0 Å². The molecule has 0 heterocycles. The van der Waals surface area contributed by atoms with Gasteiger partial charge in [0, 0.05) is 15.9 Å². The predicted octanol–water partition coefficient (Wildman–Crippen LogP) is 4.83. The zero-order chi connectivity index (χ0) is 14.0. The van der Waals surface area contributed by atoms with Crippen molar-refractivity contribution in [3.63, 3.8) is 0 Å². The maximum absolute atomic E-state index is 13.2. The van der Waals surface area contributed by atoms with E-state index in [0.29, 0.717) is 10.6 Å². The van der Waals surface area contributed by atoms with Gasteiger partial charge < -0.3 is 5.11 Å². The van der Waals surface area contributed by atoms with Crippen molar-refractivity contribution in [2.45, 2.75) is 19.4 Å². The Labute approximate surface area is 125 Å². The first-order valence-corrected chi connectivity index (χ1v) is 7.02. The molecule has 0 amide bonds. The van der Waals surface area contributed by atoms with Crippen LogP contribution in [0.1, 0.15) is 22.8 Å². The van der Waals surface area contributed by atoms with Crippen molar-refractivity contribution in [1.29, 1.82) is 0 Å². The summed E-state index contributed by atoms with van der Waals surface area (Å²) in [7, 11) is 0. The molecule has 19 heavy (non-hydrogen) atoms. The van der Waals surface area contributed by atoms with Gasteiger partial charge in [-0.2, -0.15) is 0 Å². The molecule has 0 saturated carbocycles. The van der Waals surface area contributed by atoms with Crippen molar-refractivity contribution >= 4 is 27.5 Å². The minimum absolute atomic E-state index is 0.276. The van der Waals surface area contributed by atoms with Gasteiger partial charge in [0.05, 0.1) is 6.10 Å². The van der Waals surface area contributed by atoms with Crippen molar-refractivity contribution in [2.75, 3.05) is 0 Å². The second-order valence-electron chi connectivity index (χ2n) is 4.48. The Morgan fingerprint density at radius 3 is 2.68 bits per heavy atom. The molecule has 0 aliphatic carbocycles. The summed E-state index contributed by atoms with van der Waals surface area (Å²) in [6.45, 7) is 1.98. The molecule has 1 nitrogen and oxygen atoms in total. The average molecular weight is 344 g/mol. The normalized spacial score (nSPS) is 12.5. The molecule has 0 fully saturated rings. The molecule has 100 valence electrons. The molecule has 2 aromatic carbocycles. The van der Waals surface area contributed by atoms with Crippen molar-refractivity contribution in [2.24, 2.45) is 0 Å². The molecule has 0 bridgehead atoms. The second kappa shape index (κ2) is 6.04. The van der Waals surface area contributed by atoms with Crippen LogP contribution in [0.2, 0.25) is 5.02 Å². The number of aliphatic hydroxyl groups excluding tert-OH is 1. The van der Waals surface area contributed by atoms with Crippen LogP contribution in [0.4, 0.5) is 4.39 Å². The lowest BCUT2D eigenvalue weighted by atomic mass is 10.0. The molecule has 0 aliphatic heterocycles. The van der Waals surface area contributed by atoms with Crippen molar-refractivity contribution < 1.29 is 9.50 Å². The largest absolute Gasteiger partial charge is 0.388 e. The van der Waals surface area contributed by atoms with Crippen LogP contribution < -0.4 is 0 Å². The summed E-state index contributed by atoms with van der Waals surface area (Å²) >= 11 is 9.43. The number of hydrogen-bond donors (Lipinski definition) is 1. The van der Waals surface area contributed by atoms with Crippen LogP contribution in [0.25, 0.3) is 0 Å².